The van der Waals surface area contributed by atoms with E-state index < -0.39 is 0 Å². The Morgan fingerprint density at radius 2 is 2.12 bits per heavy atom. The first-order valence-corrected chi connectivity index (χ1v) is 6.58. The predicted molar refractivity (Wildman–Crippen MR) is 71.8 cm³/mol. The lowest BCUT2D eigenvalue weighted by Crippen LogP contribution is -2.50. The average molecular weight is 238 g/mol. The highest BCUT2D eigenvalue weighted by Gasteiger charge is 2.46. The van der Waals surface area contributed by atoms with E-state index in [0.717, 1.165) is 19.5 Å². The van der Waals surface area contributed by atoms with Crippen LogP contribution in [-0.2, 0) is 4.79 Å². The number of carbonyl (C=O) groups excluding carboxylic acids is 1. The lowest BCUT2D eigenvalue weighted by Gasteiger charge is -2.38. The van der Waals surface area contributed by atoms with Gasteiger partial charge in [-0.05, 0) is 32.7 Å². The van der Waals surface area contributed by atoms with Crippen molar-refractivity contribution < 1.29 is 4.79 Å². The molecule has 1 amide bonds. The molecule has 1 unspecified atom stereocenters. The van der Waals surface area contributed by atoms with E-state index in [9.17, 15) is 4.79 Å². The summed E-state index contributed by atoms with van der Waals surface area (Å²) in [6.45, 7) is 14.6. The van der Waals surface area contributed by atoms with Gasteiger partial charge in [-0.25, -0.2) is 0 Å². The highest BCUT2D eigenvalue weighted by Crippen LogP contribution is 2.36. The molecular weight excluding hydrogens is 212 g/mol. The maximum atomic E-state index is 12.8. The van der Waals surface area contributed by atoms with Gasteiger partial charge in [-0.3, -0.25) is 4.79 Å². The zero-order valence-corrected chi connectivity index (χ0v) is 11.6. The van der Waals surface area contributed by atoms with Crippen LogP contribution in [0.25, 0.3) is 0 Å². The van der Waals surface area contributed by atoms with Crippen LogP contribution in [0.15, 0.2) is 12.7 Å². The van der Waals surface area contributed by atoms with Crippen molar-refractivity contribution in [3.05, 3.63) is 12.7 Å². The second-order valence-corrected chi connectivity index (χ2v) is 5.58. The quantitative estimate of drug-likeness (QED) is 0.743. The molecule has 0 aromatic rings. The molecule has 1 saturated heterocycles. The molecule has 0 aliphatic carbocycles. The maximum Gasteiger partial charge on any atom is 0.230 e. The highest BCUT2D eigenvalue weighted by molar-refractivity contribution is 5.84. The van der Waals surface area contributed by atoms with Crippen LogP contribution in [0.4, 0.5) is 0 Å². The van der Waals surface area contributed by atoms with Crippen molar-refractivity contribution in [3.63, 3.8) is 0 Å². The van der Waals surface area contributed by atoms with Gasteiger partial charge < -0.3 is 10.2 Å². The van der Waals surface area contributed by atoms with Gasteiger partial charge in [0.2, 0.25) is 5.91 Å². The number of nitrogens with zero attached hydrogens (tertiary/aromatic N) is 1. The van der Waals surface area contributed by atoms with Gasteiger partial charge in [0, 0.05) is 19.1 Å². The fourth-order valence-electron chi connectivity index (χ4n) is 2.59. The standard InChI is InChI=1S/C14H26N2O/c1-6-9-16(12(4)5)13(17)14(11(2)3)7-8-15-10-14/h6,11-12,15H,1,7-10H2,2-5H3. The summed E-state index contributed by atoms with van der Waals surface area (Å²) in [5.41, 5.74) is -0.215. The predicted octanol–water partition coefficient (Wildman–Crippen LogP) is 2.05. The van der Waals surface area contributed by atoms with Crippen LogP contribution in [-0.4, -0.2) is 36.5 Å². The van der Waals surface area contributed by atoms with Crippen molar-refractivity contribution in [3.8, 4) is 0 Å². The summed E-state index contributed by atoms with van der Waals surface area (Å²) >= 11 is 0. The van der Waals surface area contributed by atoms with Gasteiger partial charge in [-0.15, -0.1) is 6.58 Å². The third-order valence-electron chi connectivity index (χ3n) is 3.93. The summed E-state index contributed by atoms with van der Waals surface area (Å²) in [7, 11) is 0. The van der Waals surface area contributed by atoms with E-state index in [0.29, 0.717) is 12.5 Å². The topological polar surface area (TPSA) is 32.3 Å². The van der Waals surface area contributed by atoms with Crippen molar-refractivity contribution in [2.75, 3.05) is 19.6 Å². The van der Waals surface area contributed by atoms with E-state index in [1.807, 2.05) is 11.0 Å². The molecule has 0 aromatic carbocycles. The molecule has 0 aromatic heterocycles. The molecule has 3 heteroatoms. The Kier molecular flexibility index (Phi) is 4.75. The van der Waals surface area contributed by atoms with Gasteiger partial charge in [-0.2, -0.15) is 0 Å². The van der Waals surface area contributed by atoms with Crippen molar-refractivity contribution >= 4 is 5.91 Å². The molecule has 0 saturated carbocycles. The molecule has 0 bridgehead atoms. The summed E-state index contributed by atoms with van der Waals surface area (Å²) in [6.07, 6.45) is 2.76. The Balaban J connectivity index is 2.93. The molecule has 1 fully saturated rings. The number of hydrogen-bond donors (Lipinski definition) is 1. The fourth-order valence-corrected chi connectivity index (χ4v) is 2.59. The Bertz CT molecular complexity index is 278. The first-order chi connectivity index (χ1) is 7.95. The lowest BCUT2D eigenvalue weighted by atomic mass is 9.75. The Morgan fingerprint density at radius 1 is 1.47 bits per heavy atom. The summed E-state index contributed by atoms with van der Waals surface area (Å²) in [6, 6.07) is 0.233. The normalized spacial score (nSPS) is 24.4. The summed E-state index contributed by atoms with van der Waals surface area (Å²) in [5.74, 6) is 0.656. The van der Waals surface area contributed by atoms with E-state index in [1.54, 1.807) is 0 Å². The van der Waals surface area contributed by atoms with E-state index in [4.69, 9.17) is 0 Å². The number of carbonyl (C=O) groups is 1. The van der Waals surface area contributed by atoms with Crippen molar-refractivity contribution in [1.82, 2.24) is 10.2 Å². The minimum atomic E-state index is -0.215. The molecular formula is C14H26N2O. The molecule has 17 heavy (non-hydrogen) atoms. The Morgan fingerprint density at radius 3 is 2.47 bits per heavy atom. The summed E-state index contributed by atoms with van der Waals surface area (Å²) in [5, 5.41) is 3.34. The third kappa shape index (κ3) is 2.71. The monoisotopic (exact) mass is 238 g/mol. The van der Waals surface area contributed by atoms with E-state index in [-0.39, 0.29) is 17.4 Å². The van der Waals surface area contributed by atoms with E-state index >= 15 is 0 Å². The smallest absolute Gasteiger partial charge is 0.230 e. The van der Waals surface area contributed by atoms with Crippen LogP contribution in [0.5, 0.6) is 0 Å². The molecule has 1 atom stereocenters. The van der Waals surface area contributed by atoms with Gasteiger partial charge in [0.05, 0.1) is 5.41 Å². The Hall–Kier alpha value is -0.830. The number of hydrogen-bond acceptors (Lipinski definition) is 2. The van der Waals surface area contributed by atoms with Crippen LogP contribution in [0.1, 0.15) is 34.1 Å². The fraction of sp³-hybridized carbons (Fsp3) is 0.786. The third-order valence-corrected chi connectivity index (χ3v) is 3.93. The molecule has 0 spiro atoms. The molecule has 1 N–H and O–H groups in total. The molecule has 1 heterocycles. The minimum Gasteiger partial charge on any atom is -0.336 e. The van der Waals surface area contributed by atoms with Crippen molar-refractivity contribution in [1.29, 1.82) is 0 Å². The largest absolute Gasteiger partial charge is 0.336 e. The van der Waals surface area contributed by atoms with E-state index in [2.05, 4.69) is 39.6 Å². The molecule has 98 valence electrons. The van der Waals surface area contributed by atoms with Crippen LogP contribution < -0.4 is 5.32 Å². The molecule has 3 nitrogen and oxygen atoms in total. The molecule has 1 aliphatic heterocycles. The summed E-state index contributed by atoms with van der Waals surface area (Å²) in [4.78, 5) is 14.7. The molecule has 1 aliphatic rings. The van der Waals surface area contributed by atoms with Crippen molar-refractivity contribution in [2.45, 2.75) is 40.2 Å². The zero-order chi connectivity index (χ0) is 13.1. The van der Waals surface area contributed by atoms with Crippen LogP contribution in [0.2, 0.25) is 0 Å². The number of rotatable bonds is 5. The SMILES string of the molecule is C=CCN(C(=O)C1(C(C)C)CCNC1)C(C)C. The van der Waals surface area contributed by atoms with Gasteiger partial charge >= 0.3 is 0 Å². The first-order valence-electron chi connectivity index (χ1n) is 6.58. The van der Waals surface area contributed by atoms with Gasteiger partial charge in [-0.1, -0.05) is 19.9 Å². The zero-order valence-electron chi connectivity index (χ0n) is 11.6. The Labute approximate surface area is 105 Å². The molecule has 0 radical (unpaired) electrons. The second-order valence-electron chi connectivity index (χ2n) is 5.58. The first kappa shape index (κ1) is 14.2. The number of nitrogens with one attached hydrogen (secondary N) is 1. The average Bonchev–Trinajstić information content (AvgIpc) is 2.74. The van der Waals surface area contributed by atoms with E-state index in [1.165, 1.54) is 0 Å². The summed E-state index contributed by atoms with van der Waals surface area (Å²) < 4.78 is 0. The lowest BCUT2D eigenvalue weighted by molar-refractivity contribution is -0.144. The van der Waals surface area contributed by atoms with Crippen LogP contribution in [0, 0.1) is 11.3 Å². The van der Waals surface area contributed by atoms with Crippen LogP contribution >= 0.6 is 0 Å². The van der Waals surface area contributed by atoms with Crippen LogP contribution in [0.3, 0.4) is 0 Å². The minimum absolute atomic E-state index is 0.215. The highest BCUT2D eigenvalue weighted by atomic mass is 16.2. The maximum absolute atomic E-state index is 12.8. The van der Waals surface area contributed by atoms with Gasteiger partial charge in [0.15, 0.2) is 0 Å². The van der Waals surface area contributed by atoms with Gasteiger partial charge in [0.25, 0.3) is 0 Å². The van der Waals surface area contributed by atoms with Crippen molar-refractivity contribution in [2.24, 2.45) is 11.3 Å². The van der Waals surface area contributed by atoms with Gasteiger partial charge in [0.1, 0.15) is 0 Å². The second kappa shape index (κ2) is 5.67. The molecule has 1 rings (SSSR count). The number of amides is 1.